The summed E-state index contributed by atoms with van der Waals surface area (Å²) >= 11 is 1.59. The van der Waals surface area contributed by atoms with Crippen LogP contribution in [0, 0.1) is 19.8 Å². The van der Waals surface area contributed by atoms with E-state index in [9.17, 15) is 4.79 Å². The van der Waals surface area contributed by atoms with E-state index in [1.54, 1.807) is 11.8 Å². The summed E-state index contributed by atoms with van der Waals surface area (Å²) in [6.07, 6.45) is 0.935. The molecule has 0 aliphatic rings. The molecule has 1 aromatic carbocycles. The first-order valence-corrected chi connectivity index (χ1v) is 9.46. The van der Waals surface area contributed by atoms with Crippen LogP contribution in [0.3, 0.4) is 0 Å². The van der Waals surface area contributed by atoms with Crippen LogP contribution in [0.15, 0.2) is 34.9 Å². The van der Waals surface area contributed by atoms with Gasteiger partial charge in [0.05, 0.1) is 17.5 Å². The Balaban J connectivity index is 1.88. The van der Waals surface area contributed by atoms with E-state index >= 15 is 0 Å². The van der Waals surface area contributed by atoms with Crippen molar-refractivity contribution in [2.24, 2.45) is 5.92 Å². The molecule has 1 unspecified atom stereocenters. The zero-order valence-corrected chi connectivity index (χ0v) is 15.7. The predicted octanol–water partition coefficient (Wildman–Crippen LogP) is 4.43. The van der Waals surface area contributed by atoms with Gasteiger partial charge in [-0.1, -0.05) is 49.3 Å². The highest BCUT2D eigenvalue weighted by molar-refractivity contribution is 7.99. The summed E-state index contributed by atoms with van der Waals surface area (Å²) in [6.45, 7) is 8.19. The molecule has 4 nitrogen and oxygen atoms in total. The van der Waals surface area contributed by atoms with Crippen LogP contribution in [0.5, 0.6) is 0 Å². The molecule has 5 heteroatoms. The van der Waals surface area contributed by atoms with Gasteiger partial charge in [-0.05, 0) is 31.7 Å². The number of amides is 1. The molecular weight excluding hydrogens is 320 g/mol. The smallest absolute Gasteiger partial charge is 0.230 e. The zero-order valence-electron chi connectivity index (χ0n) is 14.8. The maximum Gasteiger partial charge on any atom is 0.230 e. The second-order valence-electron chi connectivity index (χ2n) is 6.46. The summed E-state index contributed by atoms with van der Waals surface area (Å²) in [6, 6.07) is 10.2. The number of aryl methyl sites for hydroxylation is 2. The van der Waals surface area contributed by atoms with E-state index < -0.39 is 0 Å². The molecule has 1 atom stereocenters. The highest BCUT2D eigenvalue weighted by Crippen LogP contribution is 2.22. The van der Waals surface area contributed by atoms with Crippen molar-refractivity contribution in [2.45, 2.75) is 45.9 Å². The summed E-state index contributed by atoms with van der Waals surface area (Å²) in [7, 11) is 0. The Morgan fingerprint density at radius 3 is 2.54 bits per heavy atom. The number of thioether (sulfide) groups is 1. The first-order chi connectivity index (χ1) is 11.5. The lowest BCUT2D eigenvalue weighted by Gasteiger charge is -2.21. The van der Waals surface area contributed by atoms with Gasteiger partial charge in [0, 0.05) is 11.3 Å². The van der Waals surface area contributed by atoms with Gasteiger partial charge in [0.15, 0.2) is 0 Å². The lowest BCUT2D eigenvalue weighted by Crippen LogP contribution is -2.30. The topological polar surface area (TPSA) is 55.1 Å². The van der Waals surface area contributed by atoms with E-state index in [2.05, 4.69) is 36.5 Å². The van der Waals surface area contributed by atoms with Crippen molar-refractivity contribution in [1.29, 1.82) is 0 Å². The van der Waals surface area contributed by atoms with Crippen molar-refractivity contribution >= 4 is 17.7 Å². The number of carbonyl (C=O) groups is 1. The number of nitrogens with zero attached hydrogens (tertiary/aromatic N) is 1. The van der Waals surface area contributed by atoms with Crippen LogP contribution in [0.25, 0.3) is 0 Å². The summed E-state index contributed by atoms with van der Waals surface area (Å²) in [5.74, 6) is 2.61. The zero-order chi connectivity index (χ0) is 17.5. The molecule has 2 aromatic rings. The molecule has 0 radical (unpaired) electrons. The van der Waals surface area contributed by atoms with Gasteiger partial charge >= 0.3 is 0 Å². The molecule has 1 N–H and O–H groups in total. The van der Waals surface area contributed by atoms with E-state index in [0.717, 1.165) is 34.8 Å². The molecule has 0 saturated carbocycles. The van der Waals surface area contributed by atoms with Crippen molar-refractivity contribution in [1.82, 2.24) is 10.5 Å². The molecule has 0 aliphatic heterocycles. The van der Waals surface area contributed by atoms with Crippen LogP contribution in [0.4, 0.5) is 0 Å². The second kappa shape index (κ2) is 8.92. The summed E-state index contributed by atoms with van der Waals surface area (Å²) < 4.78 is 5.16. The first-order valence-electron chi connectivity index (χ1n) is 8.31. The van der Waals surface area contributed by atoms with Gasteiger partial charge in [-0.2, -0.15) is 0 Å². The van der Waals surface area contributed by atoms with Gasteiger partial charge in [0.1, 0.15) is 5.76 Å². The molecule has 0 spiro atoms. The third kappa shape index (κ3) is 5.41. The minimum atomic E-state index is 0.0679. The average molecular weight is 346 g/mol. The molecule has 1 heterocycles. The van der Waals surface area contributed by atoms with Gasteiger partial charge in [-0.15, -0.1) is 11.8 Å². The van der Waals surface area contributed by atoms with E-state index in [1.807, 2.05) is 32.0 Å². The highest BCUT2D eigenvalue weighted by atomic mass is 32.2. The van der Waals surface area contributed by atoms with E-state index in [-0.39, 0.29) is 11.9 Å². The normalized spacial score (nSPS) is 12.4. The lowest BCUT2D eigenvalue weighted by atomic mass is 9.97. The molecule has 0 bridgehead atoms. The summed E-state index contributed by atoms with van der Waals surface area (Å²) in [5.41, 5.74) is 3.16. The first kappa shape index (κ1) is 18.6. The van der Waals surface area contributed by atoms with E-state index in [0.29, 0.717) is 11.7 Å². The monoisotopic (exact) mass is 346 g/mol. The van der Waals surface area contributed by atoms with Gasteiger partial charge in [-0.3, -0.25) is 4.79 Å². The SMILES string of the molecule is Cc1noc(C)c1CSCC(=O)NC(CC(C)C)c1ccccc1. The number of rotatable bonds is 8. The quantitative estimate of drug-likeness (QED) is 0.768. The fraction of sp³-hybridized carbons (Fsp3) is 0.474. The second-order valence-corrected chi connectivity index (χ2v) is 7.44. The van der Waals surface area contributed by atoms with Gasteiger partial charge in [-0.25, -0.2) is 0 Å². The number of hydrogen-bond acceptors (Lipinski definition) is 4. The standard InChI is InChI=1S/C19H26N2O2S/c1-13(2)10-18(16-8-6-5-7-9-16)20-19(22)12-24-11-17-14(3)21-23-15(17)4/h5-9,13,18H,10-12H2,1-4H3,(H,20,22). The molecular formula is C19H26N2O2S. The van der Waals surface area contributed by atoms with Gasteiger partial charge in [0.2, 0.25) is 5.91 Å². The molecule has 0 fully saturated rings. The minimum absolute atomic E-state index is 0.0679. The molecule has 130 valence electrons. The van der Waals surface area contributed by atoms with Crippen LogP contribution in [-0.4, -0.2) is 16.8 Å². The number of hydrogen-bond donors (Lipinski definition) is 1. The summed E-state index contributed by atoms with van der Waals surface area (Å²) in [4.78, 5) is 12.3. The largest absolute Gasteiger partial charge is 0.361 e. The number of aromatic nitrogens is 1. The molecule has 0 aliphatic carbocycles. The maximum atomic E-state index is 12.3. The molecule has 1 amide bonds. The Hall–Kier alpha value is -1.75. The van der Waals surface area contributed by atoms with Crippen LogP contribution < -0.4 is 5.32 Å². The predicted molar refractivity (Wildman–Crippen MR) is 98.9 cm³/mol. The van der Waals surface area contributed by atoms with Crippen LogP contribution in [0.2, 0.25) is 0 Å². The fourth-order valence-electron chi connectivity index (χ4n) is 2.62. The highest BCUT2D eigenvalue weighted by Gasteiger charge is 2.16. The van der Waals surface area contributed by atoms with Crippen molar-refractivity contribution < 1.29 is 9.32 Å². The van der Waals surface area contributed by atoms with Gasteiger partial charge < -0.3 is 9.84 Å². The third-order valence-corrected chi connectivity index (χ3v) is 4.86. The number of carbonyl (C=O) groups excluding carboxylic acids is 1. The number of benzene rings is 1. The lowest BCUT2D eigenvalue weighted by molar-refractivity contribution is -0.119. The van der Waals surface area contributed by atoms with Crippen molar-refractivity contribution in [3.8, 4) is 0 Å². The van der Waals surface area contributed by atoms with Gasteiger partial charge in [0.25, 0.3) is 0 Å². The Morgan fingerprint density at radius 2 is 1.96 bits per heavy atom. The van der Waals surface area contributed by atoms with Crippen molar-refractivity contribution in [2.75, 3.05) is 5.75 Å². The van der Waals surface area contributed by atoms with Crippen LogP contribution in [0.1, 0.15) is 48.9 Å². The Bertz CT molecular complexity index is 633. The van der Waals surface area contributed by atoms with Crippen molar-refractivity contribution in [3.05, 3.63) is 52.9 Å². The summed E-state index contributed by atoms with van der Waals surface area (Å²) in [5, 5.41) is 7.12. The average Bonchev–Trinajstić information content (AvgIpc) is 2.86. The third-order valence-electron chi connectivity index (χ3n) is 3.91. The molecule has 2 rings (SSSR count). The maximum absolute atomic E-state index is 12.3. The Morgan fingerprint density at radius 1 is 1.25 bits per heavy atom. The van der Waals surface area contributed by atoms with Crippen LogP contribution in [-0.2, 0) is 10.5 Å². The Labute approximate surface area is 148 Å². The van der Waals surface area contributed by atoms with Crippen molar-refractivity contribution in [3.63, 3.8) is 0 Å². The molecule has 1 aromatic heterocycles. The van der Waals surface area contributed by atoms with E-state index in [1.165, 1.54) is 0 Å². The molecule has 24 heavy (non-hydrogen) atoms. The number of nitrogens with one attached hydrogen (secondary N) is 1. The fourth-order valence-corrected chi connectivity index (χ4v) is 3.61. The molecule has 0 saturated heterocycles. The Kier molecular flexibility index (Phi) is 6.91. The minimum Gasteiger partial charge on any atom is -0.361 e. The van der Waals surface area contributed by atoms with E-state index in [4.69, 9.17) is 4.52 Å². The van der Waals surface area contributed by atoms with Crippen LogP contribution >= 0.6 is 11.8 Å².